The number of rotatable bonds is 2. The molecule has 1 aromatic carbocycles. The molecule has 24 heavy (non-hydrogen) atoms. The zero-order valence-corrected chi connectivity index (χ0v) is 13.7. The van der Waals surface area contributed by atoms with Gasteiger partial charge >= 0.3 is 0 Å². The Morgan fingerprint density at radius 3 is 2.92 bits per heavy atom. The Kier molecular flexibility index (Phi) is 3.53. The van der Waals surface area contributed by atoms with Gasteiger partial charge in [-0.1, -0.05) is 11.6 Å². The fraction of sp³-hybridized carbons (Fsp3) is 0.267. The third-order valence-corrected chi connectivity index (χ3v) is 4.33. The summed E-state index contributed by atoms with van der Waals surface area (Å²) in [4.78, 5) is 14.6. The lowest BCUT2D eigenvalue weighted by Crippen LogP contribution is -2.37. The van der Waals surface area contributed by atoms with Crippen LogP contribution in [0.25, 0.3) is 5.69 Å². The summed E-state index contributed by atoms with van der Waals surface area (Å²) >= 11 is 6.21. The van der Waals surface area contributed by atoms with Crippen molar-refractivity contribution in [3.63, 3.8) is 0 Å². The van der Waals surface area contributed by atoms with Crippen LogP contribution in [0.1, 0.15) is 22.3 Å². The smallest absolute Gasteiger partial charge is 0.259 e. The number of benzene rings is 1. The molecule has 0 spiro atoms. The van der Waals surface area contributed by atoms with E-state index >= 15 is 0 Å². The van der Waals surface area contributed by atoms with Crippen molar-refractivity contribution < 1.29 is 4.79 Å². The van der Waals surface area contributed by atoms with E-state index in [4.69, 9.17) is 11.6 Å². The van der Waals surface area contributed by atoms with Gasteiger partial charge in [-0.2, -0.15) is 5.10 Å². The van der Waals surface area contributed by atoms with E-state index in [0.29, 0.717) is 22.9 Å². The van der Waals surface area contributed by atoms with E-state index in [-0.39, 0.29) is 5.91 Å². The van der Waals surface area contributed by atoms with Gasteiger partial charge in [-0.15, -0.1) is 5.10 Å². The SMILES string of the molecule is Cc1cc(C(=O)N2CCCn3ncc(Cl)c32)ccc1-n1cnnn1. The fourth-order valence-corrected chi connectivity index (χ4v) is 3.19. The van der Waals surface area contributed by atoms with E-state index in [2.05, 4.69) is 20.6 Å². The lowest BCUT2D eigenvalue weighted by molar-refractivity contribution is 0.0981. The second kappa shape index (κ2) is 5.72. The highest BCUT2D eigenvalue weighted by atomic mass is 35.5. The fourth-order valence-electron chi connectivity index (χ4n) is 2.94. The largest absolute Gasteiger partial charge is 0.292 e. The van der Waals surface area contributed by atoms with Crippen LogP contribution in [0.15, 0.2) is 30.7 Å². The van der Waals surface area contributed by atoms with Gasteiger partial charge in [0.15, 0.2) is 5.82 Å². The Labute approximate surface area is 142 Å². The molecule has 0 N–H and O–H groups in total. The Hall–Kier alpha value is -2.74. The summed E-state index contributed by atoms with van der Waals surface area (Å²) in [5, 5.41) is 15.8. The van der Waals surface area contributed by atoms with Gasteiger partial charge in [-0.3, -0.25) is 9.69 Å². The van der Waals surface area contributed by atoms with Crippen molar-refractivity contribution in [1.29, 1.82) is 0 Å². The molecule has 0 saturated heterocycles. The monoisotopic (exact) mass is 343 g/mol. The van der Waals surface area contributed by atoms with Crippen LogP contribution in [0.4, 0.5) is 5.82 Å². The van der Waals surface area contributed by atoms with Gasteiger partial charge < -0.3 is 0 Å². The number of fused-ring (bicyclic) bond motifs is 1. The molecule has 0 bridgehead atoms. The van der Waals surface area contributed by atoms with Gasteiger partial charge in [0, 0.05) is 18.7 Å². The quantitative estimate of drug-likeness (QED) is 0.709. The highest BCUT2D eigenvalue weighted by molar-refractivity contribution is 6.33. The second-order valence-electron chi connectivity index (χ2n) is 5.61. The molecule has 1 amide bonds. The lowest BCUT2D eigenvalue weighted by atomic mass is 10.1. The molecule has 1 aliphatic heterocycles. The summed E-state index contributed by atoms with van der Waals surface area (Å²) in [6.45, 7) is 3.31. The predicted molar refractivity (Wildman–Crippen MR) is 87.4 cm³/mol. The van der Waals surface area contributed by atoms with Crippen LogP contribution in [0.3, 0.4) is 0 Å². The van der Waals surface area contributed by atoms with Crippen molar-refractivity contribution in [3.8, 4) is 5.69 Å². The maximum atomic E-state index is 12.9. The Morgan fingerprint density at radius 1 is 1.29 bits per heavy atom. The minimum absolute atomic E-state index is 0.0929. The van der Waals surface area contributed by atoms with Crippen molar-refractivity contribution >= 4 is 23.3 Å². The van der Waals surface area contributed by atoms with E-state index in [1.807, 2.05) is 19.1 Å². The van der Waals surface area contributed by atoms with Crippen LogP contribution in [0.2, 0.25) is 5.02 Å². The normalized spacial score (nSPS) is 13.8. The Morgan fingerprint density at radius 2 is 2.17 bits per heavy atom. The van der Waals surface area contributed by atoms with Gasteiger partial charge in [-0.05, 0) is 47.5 Å². The molecule has 9 heteroatoms. The predicted octanol–water partition coefficient (Wildman–Crippen LogP) is 1.87. The Balaban J connectivity index is 1.69. The number of halogens is 1. The summed E-state index contributed by atoms with van der Waals surface area (Å²) in [7, 11) is 0. The molecular formula is C15H14ClN7O. The average molecular weight is 344 g/mol. The first-order valence-corrected chi connectivity index (χ1v) is 7.90. The molecule has 0 fully saturated rings. The van der Waals surface area contributed by atoms with Gasteiger partial charge in [0.2, 0.25) is 0 Å². The van der Waals surface area contributed by atoms with Crippen molar-refractivity contribution in [2.45, 2.75) is 19.9 Å². The second-order valence-corrected chi connectivity index (χ2v) is 6.01. The third-order valence-electron chi connectivity index (χ3n) is 4.06. The van der Waals surface area contributed by atoms with Crippen LogP contribution in [-0.2, 0) is 6.54 Å². The van der Waals surface area contributed by atoms with Crippen LogP contribution < -0.4 is 4.90 Å². The van der Waals surface area contributed by atoms with E-state index in [9.17, 15) is 4.79 Å². The van der Waals surface area contributed by atoms with Crippen LogP contribution in [0, 0.1) is 6.92 Å². The van der Waals surface area contributed by atoms with Crippen molar-refractivity contribution in [1.82, 2.24) is 30.0 Å². The van der Waals surface area contributed by atoms with E-state index < -0.39 is 0 Å². The van der Waals surface area contributed by atoms with Crippen molar-refractivity contribution in [3.05, 3.63) is 46.9 Å². The van der Waals surface area contributed by atoms with Gasteiger partial charge in [0.05, 0.1) is 11.9 Å². The van der Waals surface area contributed by atoms with Crippen LogP contribution in [0.5, 0.6) is 0 Å². The standard InChI is InChI=1S/C15H14ClN7O/c1-10-7-11(3-4-13(10)23-9-17-19-20-23)15(24)21-5-2-6-22-14(21)12(16)8-18-22/h3-4,7-9H,2,5-6H2,1H3. The average Bonchev–Trinajstić information content (AvgIpc) is 3.24. The number of anilines is 1. The first-order valence-electron chi connectivity index (χ1n) is 7.52. The highest BCUT2D eigenvalue weighted by Crippen LogP contribution is 2.30. The van der Waals surface area contributed by atoms with Crippen molar-refractivity contribution in [2.24, 2.45) is 0 Å². The first-order chi connectivity index (χ1) is 11.6. The summed E-state index contributed by atoms with van der Waals surface area (Å²) in [5.41, 5.74) is 2.33. The number of amides is 1. The lowest BCUT2D eigenvalue weighted by Gasteiger charge is -2.28. The third kappa shape index (κ3) is 2.35. The number of aryl methyl sites for hydroxylation is 2. The first kappa shape index (κ1) is 14.8. The number of hydrogen-bond acceptors (Lipinski definition) is 5. The summed E-state index contributed by atoms with van der Waals surface area (Å²) in [6, 6.07) is 5.44. The molecule has 4 rings (SSSR count). The maximum absolute atomic E-state index is 12.9. The zero-order chi connectivity index (χ0) is 16.7. The number of carbonyl (C=O) groups excluding carboxylic acids is 1. The molecule has 0 unspecified atom stereocenters. The zero-order valence-electron chi connectivity index (χ0n) is 12.9. The maximum Gasteiger partial charge on any atom is 0.259 e. The van der Waals surface area contributed by atoms with Gasteiger partial charge in [0.25, 0.3) is 5.91 Å². The summed E-state index contributed by atoms with van der Waals surface area (Å²) in [6.07, 6.45) is 3.94. The van der Waals surface area contributed by atoms with Gasteiger partial charge in [0.1, 0.15) is 11.3 Å². The van der Waals surface area contributed by atoms with Crippen molar-refractivity contribution in [2.75, 3.05) is 11.4 Å². The molecule has 3 heterocycles. The number of nitrogens with zero attached hydrogens (tertiary/aromatic N) is 7. The minimum Gasteiger partial charge on any atom is -0.292 e. The number of aromatic nitrogens is 6. The van der Waals surface area contributed by atoms with Crippen LogP contribution >= 0.6 is 11.6 Å². The number of hydrogen-bond donors (Lipinski definition) is 0. The number of tetrazole rings is 1. The molecule has 3 aromatic rings. The molecule has 122 valence electrons. The van der Waals surface area contributed by atoms with E-state index in [1.165, 1.54) is 6.33 Å². The molecule has 2 aromatic heterocycles. The molecular weight excluding hydrogens is 330 g/mol. The molecule has 1 aliphatic rings. The highest BCUT2D eigenvalue weighted by Gasteiger charge is 2.27. The number of carbonyl (C=O) groups is 1. The molecule has 8 nitrogen and oxygen atoms in total. The molecule has 0 saturated carbocycles. The van der Waals surface area contributed by atoms with E-state index in [0.717, 1.165) is 24.2 Å². The van der Waals surface area contributed by atoms with Crippen LogP contribution in [-0.4, -0.2) is 42.4 Å². The molecule has 0 atom stereocenters. The van der Waals surface area contributed by atoms with E-state index in [1.54, 1.807) is 26.5 Å². The molecule has 0 radical (unpaired) electrons. The minimum atomic E-state index is -0.0929. The topological polar surface area (TPSA) is 81.7 Å². The Bertz CT molecular complexity index is 903. The molecule has 0 aliphatic carbocycles. The van der Waals surface area contributed by atoms with Gasteiger partial charge in [-0.25, -0.2) is 9.36 Å². The summed E-state index contributed by atoms with van der Waals surface area (Å²) in [5.74, 6) is 0.569. The summed E-state index contributed by atoms with van der Waals surface area (Å²) < 4.78 is 3.34.